The minimum Gasteiger partial charge on any atom is -0.467 e. The van der Waals surface area contributed by atoms with Crippen molar-refractivity contribution in [2.24, 2.45) is 0 Å². The van der Waals surface area contributed by atoms with Gasteiger partial charge < -0.3 is 24.3 Å². The highest BCUT2D eigenvalue weighted by atomic mass is 16.6. The number of alkyl carbamates (subject to hydrolysis) is 1. The molecular weight excluding hydrogens is 362 g/mol. The number of carbonyl (C=O) groups is 2. The fourth-order valence-electron chi connectivity index (χ4n) is 2.30. The van der Waals surface area contributed by atoms with Crippen LogP contribution in [0.5, 0.6) is 0 Å². The van der Waals surface area contributed by atoms with Crippen molar-refractivity contribution >= 4 is 12.1 Å². The monoisotopic (exact) mass is 387 g/mol. The smallest absolute Gasteiger partial charge is 0.408 e. The van der Waals surface area contributed by atoms with Gasteiger partial charge in [0.1, 0.15) is 6.61 Å². The number of esters is 1. The van der Waals surface area contributed by atoms with Gasteiger partial charge in [-0.3, -0.25) is 0 Å². The predicted octanol–water partition coefficient (Wildman–Crippen LogP) is 2.69. The maximum absolute atomic E-state index is 11.9. The molecule has 0 saturated heterocycles. The molecule has 0 aromatic heterocycles. The Morgan fingerprint density at radius 1 is 0.857 bits per heavy atom. The summed E-state index contributed by atoms with van der Waals surface area (Å²) in [5.74, 6) is -0.609. The molecule has 0 radical (unpaired) electrons. The topological polar surface area (TPSA) is 83.1 Å². The van der Waals surface area contributed by atoms with Gasteiger partial charge in [0, 0.05) is 0 Å². The van der Waals surface area contributed by atoms with Crippen molar-refractivity contribution in [3.8, 4) is 0 Å². The minimum absolute atomic E-state index is 0.0399. The standard InChI is InChI=1S/C21H25NO6/c1-25-20(23)19(22-21(24)28-15-18-10-6-3-7-11-18)16-27-13-12-26-14-17-8-4-2-5-9-17/h2-11,19H,12-16H2,1H3,(H,22,24)/t19-/m0/s1. The molecule has 0 heterocycles. The SMILES string of the molecule is COC(=O)[C@H](COCCOCc1ccccc1)NC(=O)OCc1ccccc1. The van der Waals surface area contributed by atoms with E-state index in [1.165, 1.54) is 7.11 Å². The maximum Gasteiger partial charge on any atom is 0.408 e. The van der Waals surface area contributed by atoms with Crippen LogP contribution in [-0.4, -0.2) is 45.0 Å². The molecule has 7 heteroatoms. The second-order valence-corrected chi connectivity index (χ2v) is 5.89. The average molecular weight is 387 g/mol. The van der Waals surface area contributed by atoms with Crippen LogP contribution in [0.2, 0.25) is 0 Å². The molecule has 1 N–H and O–H groups in total. The van der Waals surface area contributed by atoms with Crippen molar-refractivity contribution in [2.45, 2.75) is 19.3 Å². The van der Waals surface area contributed by atoms with Gasteiger partial charge in [-0.25, -0.2) is 9.59 Å². The molecule has 0 aliphatic carbocycles. The summed E-state index contributed by atoms with van der Waals surface area (Å²) in [6, 6.07) is 18.1. The molecule has 2 aromatic rings. The fraction of sp³-hybridized carbons (Fsp3) is 0.333. The van der Waals surface area contributed by atoms with Gasteiger partial charge in [0.15, 0.2) is 6.04 Å². The Kier molecular flexibility index (Phi) is 9.54. The lowest BCUT2D eigenvalue weighted by atomic mass is 10.2. The zero-order valence-electron chi connectivity index (χ0n) is 15.8. The van der Waals surface area contributed by atoms with Gasteiger partial charge in [-0.1, -0.05) is 60.7 Å². The summed E-state index contributed by atoms with van der Waals surface area (Å²) in [5.41, 5.74) is 1.91. The molecule has 0 aliphatic heterocycles. The number of rotatable bonds is 11. The Morgan fingerprint density at radius 3 is 2.04 bits per heavy atom. The van der Waals surface area contributed by atoms with Crippen molar-refractivity contribution in [3.05, 3.63) is 71.8 Å². The van der Waals surface area contributed by atoms with Crippen LogP contribution in [0.15, 0.2) is 60.7 Å². The Labute approximate surface area is 164 Å². The zero-order valence-corrected chi connectivity index (χ0v) is 15.8. The Balaban J connectivity index is 1.66. The van der Waals surface area contributed by atoms with E-state index in [2.05, 4.69) is 5.32 Å². The molecule has 0 spiro atoms. The Bertz CT molecular complexity index is 707. The van der Waals surface area contributed by atoms with Gasteiger partial charge in [-0.15, -0.1) is 0 Å². The van der Waals surface area contributed by atoms with Gasteiger partial charge in [-0.05, 0) is 11.1 Å². The number of amides is 1. The molecular formula is C21H25NO6. The zero-order chi connectivity index (χ0) is 20.0. The third-order valence-corrected chi connectivity index (χ3v) is 3.76. The summed E-state index contributed by atoms with van der Waals surface area (Å²) >= 11 is 0. The highest BCUT2D eigenvalue weighted by molar-refractivity contribution is 5.81. The number of hydrogen-bond donors (Lipinski definition) is 1. The molecule has 150 valence electrons. The molecule has 0 unspecified atom stereocenters. The van der Waals surface area contributed by atoms with Crippen LogP contribution in [0.4, 0.5) is 4.79 Å². The van der Waals surface area contributed by atoms with Crippen LogP contribution >= 0.6 is 0 Å². The largest absolute Gasteiger partial charge is 0.467 e. The molecule has 0 fully saturated rings. The summed E-state index contributed by atoms with van der Waals surface area (Å²) in [6.45, 7) is 1.19. The molecule has 7 nitrogen and oxygen atoms in total. The van der Waals surface area contributed by atoms with E-state index in [-0.39, 0.29) is 19.8 Å². The van der Waals surface area contributed by atoms with Crippen molar-refractivity contribution in [2.75, 3.05) is 26.9 Å². The first kappa shape index (κ1) is 21.4. The highest BCUT2D eigenvalue weighted by Gasteiger charge is 2.22. The molecule has 1 amide bonds. The Hall–Kier alpha value is -2.90. The lowest BCUT2D eigenvalue weighted by Crippen LogP contribution is -2.45. The van der Waals surface area contributed by atoms with Crippen LogP contribution < -0.4 is 5.32 Å². The maximum atomic E-state index is 11.9. The summed E-state index contributed by atoms with van der Waals surface area (Å²) in [5, 5.41) is 2.45. The molecule has 0 bridgehead atoms. The third-order valence-electron chi connectivity index (χ3n) is 3.76. The lowest BCUT2D eigenvalue weighted by molar-refractivity contribution is -0.144. The van der Waals surface area contributed by atoms with E-state index in [1.54, 1.807) is 0 Å². The molecule has 2 rings (SSSR count). The number of carbonyl (C=O) groups excluding carboxylic acids is 2. The number of ether oxygens (including phenoxy) is 4. The van der Waals surface area contributed by atoms with Gasteiger partial charge in [-0.2, -0.15) is 0 Å². The molecule has 28 heavy (non-hydrogen) atoms. The number of hydrogen-bond acceptors (Lipinski definition) is 6. The van der Waals surface area contributed by atoms with Crippen molar-refractivity contribution in [1.29, 1.82) is 0 Å². The van der Waals surface area contributed by atoms with Gasteiger partial charge in [0.25, 0.3) is 0 Å². The second-order valence-electron chi connectivity index (χ2n) is 5.89. The van der Waals surface area contributed by atoms with E-state index in [9.17, 15) is 9.59 Å². The summed E-state index contributed by atoms with van der Waals surface area (Å²) < 4.78 is 20.7. The summed E-state index contributed by atoms with van der Waals surface area (Å²) in [7, 11) is 1.25. The van der Waals surface area contributed by atoms with Crippen LogP contribution in [0, 0.1) is 0 Å². The van der Waals surface area contributed by atoms with E-state index in [0.717, 1.165) is 11.1 Å². The van der Waals surface area contributed by atoms with Gasteiger partial charge in [0.05, 0.1) is 33.5 Å². The molecule has 0 saturated carbocycles. The quantitative estimate of drug-likeness (QED) is 0.472. The number of nitrogens with one attached hydrogen (secondary N) is 1. The lowest BCUT2D eigenvalue weighted by Gasteiger charge is -2.16. The summed E-state index contributed by atoms with van der Waals surface area (Å²) in [6.07, 6.45) is -0.719. The molecule has 1 atom stereocenters. The van der Waals surface area contributed by atoms with Crippen molar-refractivity contribution < 1.29 is 28.5 Å². The van der Waals surface area contributed by atoms with E-state index in [1.807, 2.05) is 60.7 Å². The van der Waals surface area contributed by atoms with E-state index in [0.29, 0.717) is 13.2 Å². The van der Waals surface area contributed by atoms with Crippen LogP contribution in [0.1, 0.15) is 11.1 Å². The first-order valence-corrected chi connectivity index (χ1v) is 8.93. The van der Waals surface area contributed by atoms with E-state index in [4.69, 9.17) is 18.9 Å². The first-order valence-electron chi connectivity index (χ1n) is 8.93. The normalized spacial score (nSPS) is 11.5. The van der Waals surface area contributed by atoms with Crippen LogP contribution in [0.25, 0.3) is 0 Å². The number of benzene rings is 2. The first-order chi connectivity index (χ1) is 13.7. The average Bonchev–Trinajstić information content (AvgIpc) is 2.74. The summed E-state index contributed by atoms with van der Waals surface area (Å²) in [4.78, 5) is 23.7. The van der Waals surface area contributed by atoms with E-state index < -0.39 is 18.1 Å². The predicted molar refractivity (Wildman–Crippen MR) is 102 cm³/mol. The van der Waals surface area contributed by atoms with Crippen molar-refractivity contribution in [3.63, 3.8) is 0 Å². The van der Waals surface area contributed by atoms with Crippen molar-refractivity contribution in [1.82, 2.24) is 5.32 Å². The van der Waals surface area contributed by atoms with Crippen LogP contribution in [-0.2, 0) is 37.0 Å². The molecule has 2 aromatic carbocycles. The highest BCUT2D eigenvalue weighted by Crippen LogP contribution is 2.02. The van der Waals surface area contributed by atoms with Gasteiger partial charge in [0.2, 0.25) is 0 Å². The second kappa shape index (κ2) is 12.5. The number of methoxy groups -OCH3 is 1. The molecule has 0 aliphatic rings. The fourth-order valence-corrected chi connectivity index (χ4v) is 2.30. The van der Waals surface area contributed by atoms with Gasteiger partial charge >= 0.3 is 12.1 Å². The van der Waals surface area contributed by atoms with E-state index >= 15 is 0 Å². The Morgan fingerprint density at radius 2 is 1.43 bits per heavy atom. The minimum atomic E-state index is -0.956. The van der Waals surface area contributed by atoms with Crippen LogP contribution in [0.3, 0.4) is 0 Å². The third kappa shape index (κ3) is 8.20.